The fourth-order valence-corrected chi connectivity index (χ4v) is 17.6. The fraction of sp³-hybridized carbons (Fsp3) is 1.00. The van der Waals surface area contributed by atoms with Crippen molar-refractivity contribution in [2.24, 2.45) is 0 Å². The van der Waals surface area contributed by atoms with E-state index in [9.17, 15) is 0 Å². The molecule has 0 fully saturated rings. The first-order chi connectivity index (χ1) is 38.2. The van der Waals surface area contributed by atoms with Crippen molar-refractivity contribution in [3.05, 3.63) is 0 Å². The summed E-state index contributed by atoms with van der Waals surface area (Å²) in [6.45, 7) is 12.2. The third-order valence-electron chi connectivity index (χ3n) is 17.1. The van der Waals surface area contributed by atoms with Gasteiger partial charge in [0.2, 0.25) is 0 Å². The molecular formula is C72H148O4Sn. The molecule has 0 bridgehead atoms. The Morgan fingerprint density at radius 1 is 0.130 bits per heavy atom. The Morgan fingerprint density at radius 3 is 0.325 bits per heavy atom. The van der Waals surface area contributed by atoms with Crippen molar-refractivity contribution in [1.29, 1.82) is 0 Å². The molecule has 0 aromatic rings. The van der Waals surface area contributed by atoms with E-state index in [1.54, 1.807) is 0 Å². The molecule has 0 radical (unpaired) electrons. The normalized spacial score (nSPS) is 12.0. The van der Waals surface area contributed by atoms with Gasteiger partial charge in [-0.05, 0) is 0 Å². The molecule has 0 saturated carbocycles. The van der Waals surface area contributed by atoms with Crippen molar-refractivity contribution in [2.45, 2.75) is 439 Å². The molecule has 0 aromatic heterocycles. The standard InChI is InChI=1S/4C18H37O.Sn/c4*1-2-3-4-5-6-7-8-9-10-11-12-13-14-15-16-17-18-19;/h4*2-18H2,1H3;/q4*-1;+4. The quantitative estimate of drug-likeness (QED) is 0.0449. The Balaban J connectivity index is 4.97. The van der Waals surface area contributed by atoms with Gasteiger partial charge in [0.05, 0.1) is 0 Å². The number of unbranched alkanes of at least 4 members (excludes halogenated alkanes) is 60. The third-order valence-corrected chi connectivity index (χ3v) is 23.5. The zero-order valence-corrected chi connectivity index (χ0v) is 57.1. The molecule has 0 amide bonds. The average Bonchev–Trinajstić information content (AvgIpc) is 3.44. The van der Waals surface area contributed by atoms with Gasteiger partial charge in [-0.1, -0.05) is 182 Å². The Labute approximate surface area is 494 Å². The van der Waals surface area contributed by atoms with Crippen molar-refractivity contribution in [3.8, 4) is 0 Å². The smallest absolute Gasteiger partial charge is 0.0654 e. The molecule has 0 atom stereocenters. The number of hydrogen-bond acceptors (Lipinski definition) is 4. The van der Waals surface area contributed by atoms with E-state index in [1.165, 1.54) is 385 Å². The van der Waals surface area contributed by atoms with Gasteiger partial charge in [0.1, 0.15) is 0 Å². The third kappa shape index (κ3) is 65.7. The SMILES string of the molecule is CCCCCCCCCCCCCCCCCC[O][Sn]([O]CCCCCCCCCCCCCCCCCC)([O]CCCCCCCCCCCCCCCCCC)[O]CCCCCCCCCCCCCCCCCC. The Bertz CT molecular complexity index is 851. The molecule has 77 heavy (non-hydrogen) atoms. The molecule has 0 unspecified atom stereocenters. The molecule has 0 rings (SSSR count). The van der Waals surface area contributed by atoms with Crippen LogP contribution in [0.2, 0.25) is 0 Å². The maximum atomic E-state index is 6.88. The van der Waals surface area contributed by atoms with Gasteiger partial charge in [-0.15, -0.1) is 0 Å². The topological polar surface area (TPSA) is 36.9 Å². The van der Waals surface area contributed by atoms with Crippen LogP contribution in [-0.2, 0) is 12.3 Å². The summed E-state index contributed by atoms with van der Waals surface area (Å²) >= 11 is -4.19. The summed E-state index contributed by atoms with van der Waals surface area (Å²) in [4.78, 5) is 0. The van der Waals surface area contributed by atoms with Crippen LogP contribution < -0.4 is 0 Å². The zero-order chi connectivity index (χ0) is 55.4. The molecule has 0 spiro atoms. The van der Waals surface area contributed by atoms with Crippen LogP contribution in [0.4, 0.5) is 0 Å². The first-order valence-electron chi connectivity index (χ1n) is 36.8. The Morgan fingerprint density at radius 2 is 0.221 bits per heavy atom. The van der Waals surface area contributed by atoms with Crippen molar-refractivity contribution in [3.63, 3.8) is 0 Å². The molecule has 0 saturated heterocycles. The molecule has 0 aliphatic carbocycles. The van der Waals surface area contributed by atoms with Crippen LogP contribution in [0.15, 0.2) is 0 Å². The second-order valence-corrected chi connectivity index (χ2v) is 31.3. The van der Waals surface area contributed by atoms with E-state index in [0.29, 0.717) is 0 Å². The number of hydrogen-bond donors (Lipinski definition) is 0. The van der Waals surface area contributed by atoms with E-state index >= 15 is 0 Å². The van der Waals surface area contributed by atoms with Crippen molar-refractivity contribution >= 4 is 20.0 Å². The second-order valence-electron chi connectivity index (χ2n) is 25.1. The summed E-state index contributed by atoms with van der Waals surface area (Å²) < 4.78 is 27.5. The van der Waals surface area contributed by atoms with Crippen LogP contribution in [0.3, 0.4) is 0 Å². The Kier molecular flexibility index (Phi) is 71.5. The molecule has 0 aliphatic rings. The van der Waals surface area contributed by atoms with E-state index < -0.39 is 20.0 Å². The van der Waals surface area contributed by atoms with Gasteiger partial charge in [-0.2, -0.15) is 0 Å². The molecule has 0 heterocycles. The van der Waals surface area contributed by atoms with E-state index in [1.807, 2.05) is 0 Å². The zero-order valence-electron chi connectivity index (χ0n) is 54.2. The minimum absolute atomic E-state index is 0.741. The summed E-state index contributed by atoms with van der Waals surface area (Å²) in [6.07, 6.45) is 88.9. The van der Waals surface area contributed by atoms with E-state index in [-0.39, 0.29) is 0 Å². The van der Waals surface area contributed by atoms with Crippen LogP contribution in [0.5, 0.6) is 0 Å². The van der Waals surface area contributed by atoms with Crippen LogP contribution in [0.25, 0.3) is 0 Å². The van der Waals surface area contributed by atoms with E-state index in [0.717, 1.165) is 52.1 Å². The van der Waals surface area contributed by atoms with Gasteiger partial charge in [-0.25, -0.2) is 0 Å². The minimum Gasteiger partial charge on any atom is -0.0654 e. The van der Waals surface area contributed by atoms with Crippen molar-refractivity contribution in [1.82, 2.24) is 0 Å². The van der Waals surface area contributed by atoms with Gasteiger partial charge < -0.3 is 0 Å². The van der Waals surface area contributed by atoms with Gasteiger partial charge in [0.15, 0.2) is 0 Å². The first kappa shape index (κ1) is 77.6. The summed E-state index contributed by atoms with van der Waals surface area (Å²) in [6, 6.07) is 0. The molecule has 4 nitrogen and oxygen atoms in total. The summed E-state index contributed by atoms with van der Waals surface area (Å²) in [5.41, 5.74) is 0. The van der Waals surface area contributed by atoms with Gasteiger partial charge in [0.25, 0.3) is 0 Å². The predicted molar refractivity (Wildman–Crippen MR) is 348 cm³/mol. The van der Waals surface area contributed by atoms with E-state index in [2.05, 4.69) is 27.7 Å². The second kappa shape index (κ2) is 70.9. The monoisotopic (exact) mass is 1200 g/mol. The van der Waals surface area contributed by atoms with Gasteiger partial charge >= 0.3 is 316 Å². The molecule has 0 N–H and O–H groups in total. The average molecular weight is 1200 g/mol. The molecular weight excluding hydrogens is 1050 g/mol. The van der Waals surface area contributed by atoms with Crippen LogP contribution >= 0.6 is 0 Å². The van der Waals surface area contributed by atoms with Crippen LogP contribution in [0.1, 0.15) is 439 Å². The molecule has 0 aliphatic heterocycles. The minimum atomic E-state index is -4.19. The fourth-order valence-electron chi connectivity index (χ4n) is 11.6. The van der Waals surface area contributed by atoms with Crippen molar-refractivity contribution in [2.75, 3.05) is 26.4 Å². The van der Waals surface area contributed by atoms with Crippen molar-refractivity contribution < 1.29 is 12.3 Å². The summed E-state index contributed by atoms with van der Waals surface area (Å²) in [5, 5.41) is 0. The summed E-state index contributed by atoms with van der Waals surface area (Å²) in [5.74, 6) is 0. The number of rotatable bonds is 72. The van der Waals surface area contributed by atoms with Crippen LogP contribution in [0, 0.1) is 0 Å². The van der Waals surface area contributed by atoms with Crippen LogP contribution in [-0.4, -0.2) is 46.5 Å². The Hall–Kier alpha value is 0.639. The summed E-state index contributed by atoms with van der Waals surface area (Å²) in [7, 11) is 0. The van der Waals surface area contributed by atoms with E-state index in [4.69, 9.17) is 12.3 Å². The molecule has 0 aromatic carbocycles. The predicted octanol–water partition coefficient (Wildman–Crippen LogP) is 26.5. The van der Waals surface area contributed by atoms with Gasteiger partial charge in [-0.3, -0.25) is 0 Å². The maximum absolute atomic E-state index is 6.88. The first-order valence-corrected chi connectivity index (χ1v) is 41.5. The molecule has 464 valence electrons. The molecule has 5 heteroatoms. The van der Waals surface area contributed by atoms with Gasteiger partial charge in [0, 0.05) is 0 Å².